The van der Waals surface area contributed by atoms with E-state index in [-0.39, 0.29) is 38.5 Å². The molecule has 0 fully saturated rings. The van der Waals surface area contributed by atoms with Crippen LogP contribution >= 0.6 is 0 Å². The molecule has 1 aromatic carbocycles. The van der Waals surface area contributed by atoms with E-state index in [2.05, 4.69) is 5.32 Å². The van der Waals surface area contributed by atoms with Gasteiger partial charge >= 0.3 is 5.97 Å². The summed E-state index contributed by atoms with van der Waals surface area (Å²) in [5.41, 5.74) is 0.220. The van der Waals surface area contributed by atoms with Crippen molar-refractivity contribution in [2.24, 2.45) is 0 Å². The average molecular weight is 297 g/mol. The van der Waals surface area contributed by atoms with E-state index in [1.54, 1.807) is 6.07 Å². The number of rotatable bonds is 9. The van der Waals surface area contributed by atoms with E-state index in [1.165, 1.54) is 18.2 Å². The third-order valence-electron chi connectivity index (χ3n) is 2.47. The number of carbonyl (C=O) groups excluding carboxylic acids is 2. The fraction of sp³-hybridized carbons (Fsp3) is 0.385. The highest BCUT2D eigenvalue weighted by Crippen LogP contribution is 2.18. The molecule has 0 aromatic heterocycles. The van der Waals surface area contributed by atoms with Gasteiger partial charge in [-0.15, -0.1) is 0 Å². The topological polar surface area (TPSA) is 108 Å². The first-order valence-electron chi connectivity index (χ1n) is 6.71. The lowest BCUT2D eigenvalue weighted by Crippen LogP contribution is -2.18. The zero-order valence-corrected chi connectivity index (χ0v) is 11.2. The summed E-state index contributed by atoms with van der Waals surface area (Å²) in [4.78, 5) is 32.0. The Balaban J connectivity index is 2.24. The Morgan fingerprint density at radius 2 is 2.19 bits per heavy atom. The third-order valence-corrected chi connectivity index (χ3v) is 2.47. The zero-order valence-electron chi connectivity index (χ0n) is 12.2. The van der Waals surface area contributed by atoms with Gasteiger partial charge in [-0.1, -0.05) is 12.1 Å². The van der Waals surface area contributed by atoms with Crippen molar-refractivity contribution in [2.45, 2.75) is 13.0 Å². The molecule has 1 aromatic rings. The maximum Gasteiger partial charge on any atom is 0.308 e. The van der Waals surface area contributed by atoms with Crippen LogP contribution in [0.2, 0.25) is 0 Å². The number of ether oxygens (including phenoxy) is 2. The SMILES string of the molecule is [2H]C(=O)NCCOCCC(=O)OCc1ccccc1[N+](=O)[O-]. The molecule has 0 saturated heterocycles. The van der Waals surface area contributed by atoms with Gasteiger partial charge in [-0.2, -0.15) is 0 Å². The number of benzene rings is 1. The van der Waals surface area contributed by atoms with Gasteiger partial charge in [-0.05, 0) is 6.07 Å². The Kier molecular flexibility index (Phi) is 6.70. The quantitative estimate of drug-likeness (QED) is 0.237. The van der Waals surface area contributed by atoms with E-state index >= 15 is 0 Å². The van der Waals surface area contributed by atoms with Crippen molar-refractivity contribution in [3.63, 3.8) is 0 Å². The van der Waals surface area contributed by atoms with Crippen LogP contribution in [0.5, 0.6) is 0 Å². The number of esters is 1. The van der Waals surface area contributed by atoms with Crippen molar-refractivity contribution in [1.82, 2.24) is 5.32 Å². The summed E-state index contributed by atoms with van der Waals surface area (Å²) >= 11 is 0. The van der Waals surface area contributed by atoms with Crippen LogP contribution in [0, 0.1) is 10.1 Å². The third kappa shape index (κ3) is 6.48. The Hall–Kier alpha value is -2.48. The minimum Gasteiger partial charge on any atom is -0.460 e. The van der Waals surface area contributed by atoms with Crippen molar-refractivity contribution >= 4 is 18.0 Å². The van der Waals surface area contributed by atoms with Crippen LogP contribution < -0.4 is 5.32 Å². The maximum atomic E-state index is 11.5. The highest BCUT2D eigenvalue weighted by Gasteiger charge is 2.13. The molecule has 0 aliphatic heterocycles. The molecule has 8 nitrogen and oxygen atoms in total. The van der Waals surface area contributed by atoms with Gasteiger partial charge in [-0.3, -0.25) is 19.7 Å². The summed E-state index contributed by atoms with van der Waals surface area (Å²) in [6.07, 6.45) is -0.900. The van der Waals surface area contributed by atoms with Crippen molar-refractivity contribution < 1.29 is 25.4 Å². The van der Waals surface area contributed by atoms with Crippen LogP contribution in [-0.2, 0) is 25.7 Å². The Labute approximate surface area is 122 Å². The molecular weight excluding hydrogens is 280 g/mol. The average Bonchev–Trinajstić information content (AvgIpc) is 2.48. The van der Waals surface area contributed by atoms with Gasteiger partial charge in [-0.25, -0.2) is 0 Å². The molecule has 8 heteroatoms. The van der Waals surface area contributed by atoms with Gasteiger partial charge in [0, 0.05) is 12.6 Å². The molecule has 0 bridgehead atoms. The zero-order chi connectivity index (χ0) is 16.4. The van der Waals surface area contributed by atoms with Crippen LogP contribution in [0.3, 0.4) is 0 Å². The number of carbonyl (C=O) groups is 2. The molecule has 1 rings (SSSR count). The molecular formula is C13H16N2O6. The van der Waals surface area contributed by atoms with Gasteiger partial charge < -0.3 is 14.8 Å². The number of amides is 1. The molecule has 0 aliphatic carbocycles. The summed E-state index contributed by atoms with van der Waals surface area (Å²) in [7, 11) is 0. The first-order chi connectivity index (χ1) is 10.5. The molecule has 0 atom stereocenters. The predicted octanol–water partition coefficient (Wildman–Crippen LogP) is 0.791. The van der Waals surface area contributed by atoms with E-state index in [0.29, 0.717) is 5.56 Å². The Morgan fingerprint density at radius 1 is 1.43 bits per heavy atom. The number of hydrogen-bond acceptors (Lipinski definition) is 6. The van der Waals surface area contributed by atoms with E-state index in [4.69, 9.17) is 10.8 Å². The van der Waals surface area contributed by atoms with E-state index in [9.17, 15) is 19.7 Å². The highest BCUT2D eigenvalue weighted by atomic mass is 16.6. The first-order valence-corrected chi connectivity index (χ1v) is 6.21. The van der Waals surface area contributed by atoms with Crippen molar-refractivity contribution in [3.8, 4) is 0 Å². The van der Waals surface area contributed by atoms with Crippen LogP contribution in [0.1, 0.15) is 13.4 Å². The molecule has 1 N–H and O–H groups in total. The van der Waals surface area contributed by atoms with Crippen molar-refractivity contribution in [3.05, 3.63) is 39.9 Å². The minimum absolute atomic E-state index is 0.00451. The second-order valence-electron chi connectivity index (χ2n) is 3.94. The molecule has 114 valence electrons. The van der Waals surface area contributed by atoms with Crippen LogP contribution in [0.25, 0.3) is 0 Å². The Morgan fingerprint density at radius 3 is 2.90 bits per heavy atom. The first kappa shape index (κ1) is 14.9. The molecule has 0 aliphatic rings. The fourth-order valence-corrected chi connectivity index (χ4v) is 1.47. The molecule has 0 unspecified atom stereocenters. The van der Waals surface area contributed by atoms with Crippen molar-refractivity contribution in [2.75, 3.05) is 19.8 Å². The second kappa shape index (κ2) is 9.43. The number of hydrogen-bond donors (Lipinski definition) is 1. The summed E-state index contributed by atoms with van der Waals surface area (Å²) in [5.74, 6) is -0.539. The van der Waals surface area contributed by atoms with E-state index in [0.717, 1.165) is 0 Å². The maximum absolute atomic E-state index is 11.5. The van der Waals surface area contributed by atoms with Gasteiger partial charge in [0.1, 0.15) is 7.98 Å². The summed E-state index contributed by atoms with van der Waals surface area (Å²) in [6, 6.07) is 6.02. The van der Waals surface area contributed by atoms with Crippen LogP contribution in [0.15, 0.2) is 24.3 Å². The lowest BCUT2D eigenvalue weighted by Gasteiger charge is -2.06. The van der Waals surface area contributed by atoms with E-state index < -0.39 is 17.3 Å². The van der Waals surface area contributed by atoms with Crippen LogP contribution in [0.4, 0.5) is 5.69 Å². The molecule has 0 heterocycles. The number of nitrogens with zero attached hydrogens (tertiary/aromatic N) is 1. The molecule has 1 amide bonds. The Bertz CT molecular complexity index is 537. The molecule has 21 heavy (non-hydrogen) atoms. The summed E-state index contributed by atoms with van der Waals surface area (Å²) in [6.45, 7) is 0.296. The summed E-state index contributed by atoms with van der Waals surface area (Å²) < 4.78 is 16.6. The number of para-hydroxylation sites is 1. The minimum atomic E-state index is -0.896. The molecule has 0 radical (unpaired) electrons. The van der Waals surface area contributed by atoms with Crippen LogP contribution in [-0.4, -0.2) is 37.0 Å². The largest absolute Gasteiger partial charge is 0.460 e. The fourth-order valence-electron chi connectivity index (χ4n) is 1.47. The van der Waals surface area contributed by atoms with Gasteiger partial charge in [0.25, 0.3) is 5.69 Å². The lowest BCUT2D eigenvalue weighted by molar-refractivity contribution is -0.385. The molecule has 0 spiro atoms. The van der Waals surface area contributed by atoms with Gasteiger partial charge in [0.2, 0.25) is 6.39 Å². The number of nitrogens with one attached hydrogen (secondary N) is 1. The summed E-state index contributed by atoms with van der Waals surface area (Å²) in [5, 5.41) is 13.0. The lowest BCUT2D eigenvalue weighted by atomic mass is 10.2. The monoisotopic (exact) mass is 297 g/mol. The standard InChI is InChI=1S/C13H16N2O6/c16-10-14-6-8-20-7-5-13(17)21-9-11-3-1-2-4-12(11)15(18)19/h1-4,10H,5-9H2,(H,14,16)/i10D. The van der Waals surface area contributed by atoms with Gasteiger partial charge in [0.15, 0.2) is 0 Å². The molecule has 0 saturated carbocycles. The van der Waals surface area contributed by atoms with E-state index in [1.807, 2.05) is 0 Å². The van der Waals surface area contributed by atoms with Gasteiger partial charge in [0.05, 0.1) is 30.1 Å². The number of nitro benzene ring substituents is 1. The smallest absolute Gasteiger partial charge is 0.308 e. The predicted molar refractivity (Wildman–Crippen MR) is 72.4 cm³/mol. The van der Waals surface area contributed by atoms with Crippen molar-refractivity contribution in [1.29, 1.82) is 0 Å². The second-order valence-corrected chi connectivity index (χ2v) is 3.94. The normalized spacial score (nSPS) is 10.6. The number of nitro groups is 1. The highest BCUT2D eigenvalue weighted by molar-refractivity contribution is 5.69.